The smallest absolute Gasteiger partial charge is 0.255 e. The van der Waals surface area contributed by atoms with Crippen molar-refractivity contribution in [3.63, 3.8) is 0 Å². The van der Waals surface area contributed by atoms with Crippen LogP contribution in [0.5, 0.6) is 5.75 Å². The minimum atomic E-state index is -0.0800. The summed E-state index contributed by atoms with van der Waals surface area (Å²) < 4.78 is 10.7. The summed E-state index contributed by atoms with van der Waals surface area (Å²) in [5, 5.41) is 4.09. The highest BCUT2D eigenvalue weighted by molar-refractivity contribution is 6.01. The molecule has 0 aliphatic carbocycles. The first-order valence-electron chi connectivity index (χ1n) is 10.5. The van der Waals surface area contributed by atoms with Gasteiger partial charge in [0.05, 0.1) is 7.11 Å². The number of carbonyl (C=O) groups is 1. The fourth-order valence-corrected chi connectivity index (χ4v) is 3.50. The van der Waals surface area contributed by atoms with Crippen molar-refractivity contribution in [3.05, 3.63) is 90.3 Å². The molecule has 0 unspecified atom stereocenters. The second kappa shape index (κ2) is 9.47. The van der Waals surface area contributed by atoms with Crippen molar-refractivity contribution < 1.29 is 14.1 Å². The third kappa shape index (κ3) is 4.54. The number of hydrogen-bond acceptors (Lipinski definition) is 5. The monoisotopic (exact) mass is 427 g/mol. The van der Waals surface area contributed by atoms with E-state index in [0.29, 0.717) is 17.3 Å². The number of amides is 1. The number of aromatic nitrogens is 2. The summed E-state index contributed by atoms with van der Waals surface area (Å²) in [6.45, 7) is 4.18. The number of carbonyl (C=O) groups excluding carboxylic acids is 1. The van der Waals surface area contributed by atoms with Gasteiger partial charge in [0, 0.05) is 17.2 Å². The van der Waals surface area contributed by atoms with E-state index >= 15 is 0 Å². The third-order valence-corrected chi connectivity index (χ3v) is 5.25. The zero-order chi connectivity index (χ0) is 22.5. The second-order valence-corrected chi connectivity index (χ2v) is 7.68. The summed E-state index contributed by atoms with van der Waals surface area (Å²) in [5.41, 5.74) is 3.35. The van der Waals surface area contributed by atoms with Gasteiger partial charge in [-0.25, -0.2) is 0 Å². The van der Waals surface area contributed by atoms with E-state index in [-0.39, 0.29) is 18.5 Å². The molecule has 32 heavy (non-hydrogen) atoms. The van der Waals surface area contributed by atoms with Gasteiger partial charge in [0.15, 0.2) is 0 Å². The number of hydrogen-bond donors (Lipinski definition) is 0. The molecule has 0 fully saturated rings. The summed E-state index contributed by atoms with van der Waals surface area (Å²) >= 11 is 0. The van der Waals surface area contributed by atoms with Gasteiger partial charge in [0.2, 0.25) is 11.7 Å². The van der Waals surface area contributed by atoms with E-state index in [9.17, 15) is 4.79 Å². The van der Waals surface area contributed by atoms with Crippen LogP contribution in [0, 0.1) is 0 Å². The van der Waals surface area contributed by atoms with Crippen LogP contribution in [-0.4, -0.2) is 34.1 Å². The molecular weight excluding hydrogens is 402 g/mol. The van der Waals surface area contributed by atoms with Crippen molar-refractivity contribution in [1.29, 1.82) is 0 Å². The molecule has 4 rings (SSSR count). The minimum absolute atomic E-state index is 0.0531. The molecule has 6 heteroatoms. The number of ether oxygens (including phenoxy) is 1. The second-order valence-electron chi connectivity index (χ2n) is 7.68. The van der Waals surface area contributed by atoms with E-state index in [1.54, 1.807) is 12.0 Å². The molecule has 0 aliphatic rings. The number of methoxy groups -OCH3 is 1. The molecule has 0 spiro atoms. The summed E-state index contributed by atoms with van der Waals surface area (Å²) in [4.78, 5) is 19.8. The first-order chi connectivity index (χ1) is 15.6. The van der Waals surface area contributed by atoms with Gasteiger partial charge in [-0.3, -0.25) is 4.79 Å². The summed E-state index contributed by atoms with van der Waals surface area (Å²) in [7, 11) is 1.62. The van der Waals surface area contributed by atoms with Crippen LogP contribution in [0.1, 0.15) is 30.1 Å². The van der Waals surface area contributed by atoms with E-state index in [1.807, 2.05) is 92.7 Å². The quantitative estimate of drug-likeness (QED) is 0.392. The molecule has 0 saturated heterocycles. The molecule has 0 aliphatic heterocycles. The molecule has 6 nitrogen and oxygen atoms in total. The predicted octanol–water partition coefficient (Wildman–Crippen LogP) is 5.46. The first-order valence-corrected chi connectivity index (χ1v) is 10.5. The van der Waals surface area contributed by atoms with Gasteiger partial charge in [-0.1, -0.05) is 53.7 Å². The van der Waals surface area contributed by atoms with Gasteiger partial charge in [-0.2, -0.15) is 4.98 Å². The Balaban J connectivity index is 1.59. The summed E-state index contributed by atoms with van der Waals surface area (Å²) in [6.07, 6.45) is 0. The van der Waals surface area contributed by atoms with Crippen LogP contribution in [0.2, 0.25) is 0 Å². The van der Waals surface area contributed by atoms with Crippen LogP contribution in [0.15, 0.2) is 83.4 Å². The lowest BCUT2D eigenvalue weighted by molar-refractivity contribution is 0.0668. The van der Waals surface area contributed by atoms with Crippen LogP contribution in [0.4, 0.5) is 0 Å². The van der Waals surface area contributed by atoms with Gasteiger partial charge in [0.1, 0.15) is 12.3 Å². The highest BCUT2D eigenvalue weighted by atomic mass is 16.5. The zero-order valence-electron chi connectivity index (χ0n) is 18.4. The van der Waals surface area contributed by atoms with Crippen LogP contribution in [-0.2, 0) is 6.54 Å². The normalized spacial score (nSPS) is 10.9. The van der Waals surface area contributed by atoms with E-state index < -0.39 is 0 Å². The first kappa shape index (κ1) is 21.3. The Hall–Kier alpha value is -3.93. The highest BCUT2D eigenvalue weighted by Gasteiger charge is 2.24. The Labute approximate surface area is 187 Å². The Morgan fingerprint density at radius 2 is 1.62 bits per heavy atom. The van der Waals surface area contributed by atoms with Gasteiger partial charge in [0.25, 0.3) is 5.91 Å². The molecule has 1 amide bonds. The summed E-state index contributed by atoms with van der Waals surface area (Å²) in [5.74, 6) is 1.54. The van der Waals surface area contributed by atoms with Gasteiger partial charge in [-0.05, 0) is 55.3 Å². The Kier molecular flexibility index (Phi) is 6.31. The molecule has 4 aromatic rings. The molecular formula is C26H25N3O3. The Morgan fingerprint density at radius 3 is 2.31 bits per heavy atom. The van der Waals surface area contributed by atoms with Gasteiger partial charge >= 0.3 is 0 Å². The Morgan fingerprint density at radius 1 is 0.938 bits per heavy atom. The highest BCUT2D eigenvalue weighted by Crippen LogP contribution is 2.26. The van der Waals surface area contributed by atoms with E-state index in [2.05, 4.69) is 10.1 Å². The van der Waals surface area contributed by atoms with Crippen molar-refractivity contribution in [2.24, 2.45) is 0 Å². The van der Waals surface area contributed by atoms with Crippen LogP contribution < -0.4 is 4.74 Å². The van der Waals surface area contributed by atoms with Crippen LogP contribution >= 0.6 is 0 Å². The van der Waals surface area contributed by atoms with Crippen molar-refractivity contribution in [1.82, 2.24) is 15.0 Å². The van der Waals surface area contributed by atoms with Crippen molar-refractivity contribution in [2.75, 3.05) is 7.11 Å². The standard InChI is InChI=1S/C26H25N3O3/c1-18(2)29(17-24-27-25(28-32-24)20-13-15-21(31-3)16-14-20)26(30)23-12-8-7-11-22(23)19-9-5-4-6-10-19/h4-16,18H,17H2,1-3H3. The maximum atomic E-state index is 13.6. The van der Waals surface area contributed by atoms with Crippen LogP contribution in [0.3, 0.4) is 0 Å². The van der Waals surface area contributed by atoms with Crippen molar-refractivity contribution >= 4 is 5.91 Å². The molecule has 0 saturated carbocycles. The average molecular weight is 428 g/mol. The SMILES string of the molecule is COc1ccc(-c2noc(CN(C(=O)c3ccccc3-c3ccccc3)C(C)C)n2)cc1. The fourth-order valence-electron chi connectivity index (χ4n) is 3.50. The lowest BCUT2D eigenvalue weighted by atomic mass is 9.98. The number of benzene rings is 3. The zero-order valence-corrected chi connectivity index (χ0v) is 18.4. The maximum absolute atomic E-state index is 13.6. The van der Waals surface area contributed by atoms with E-state index in [1.165, 1.54) is 0 Å². The lowest BCUT2D eigenvalue weighted by Crippen LogP contribution is -2.36. The van der Waals surface area contributed by atoms with Crippen molar-refractivity contribution in [3.8, 4) is 28.3 Å². The predicted molar refractivity (Wildman–Crippen MR) is 123 cm³/mol. The number of nitrogens with zero attached hydrogens (tertiary/aromatic N) is 3. The third-order valence-electron chi connectivity index (χ3n) is 5.25. The average Bonchev–Trinajstić information content (AvgIpc) is 3.31. The van der Waals surface area contributed by atoms with E-state index in [0.717, 1.165) is 22.4 Å². The lowest BCUT2D eigenvalue weighted by Gasteiger charge is -2.26. The molecule has 3 aromatic carbocycles. The molecule has 0 bridgehead atoms. The van der Waals surface area contributed by atoms with Crippen molar-refractivity contribution in [2.45, 2.75) is 26.4 Å². The number of rotatable bonds is 7. The van der Waals surface area contributed by atoms with Gasteiger partial charge < -0.3 is 14.2 Å². The molecule has 0 radical (unpaired) electrons. The maximum Gasteiger partial charge on any atom is 0.255 e. The topological polar surface area (TPSA) is 68.5 Å². The molecule has 1 heterocycles. The summed E-state index contributed by atoms with van der Waals surface area (Å²) in [6, 6.07) is 24.9. The molecule has 0 N–H and O–H groups in total. The minimum Gasteiger partial charge on any atom is -0.497 e. The fraction of sp³-hybridized carbons (Fsp3) is 0.192. The molecule has 1 aromatic heterocycles. The molecule has 162 valence electrons. The van der Waals surface area contributed by atoms with E-state index in [4.69, 9.17) is 9.26 Å². The van der Waals surface area contributed by atoms with Gasteiger partial charge in [-0.15, -0.1) is 0 Å². The largest absolute Gasteiger partial charge is 0.497 e. The Bertz CT molecular complexity index is 1180. The van der Waals surface area contributed by atoms with Crippen LogP contribution in [0.25, 0.3) is 22.5 Å². The molecule has 0 atom stereocenters.